The van der Waals surface area contributed by atoms with Gasteiger partial charge in [-0.3, -0.25) is 4.79 Å². The third-order valence-corrected chi connectivity index (χ3v) is 3.14. The third kappa shape index (κ3) is 5.39. The number of aliphatic carboxylic acids is 1. The molecule has 0 unspecified atom stereocenters. The highest BCUT2D eigenvalue weighted by Crippen LogP contribution is 2.19. The summed E-state index contributed by atoms with van der Waals surface area (Å²) in [6.45, 7) is 4.26. The van der Waals surface area contributed by atoms with Crippen molar-refractivity contribution in [3.05, 3.63) is 23.2 Å². The lowest BCUT2D eigenvalue weighted by Crippen LogP contribution is -1.94. The highest BCUT2D eigenvalue weighted by atomic mass is 16.4. The van der Waals surface area contributed by atoms with Gasteiger partial charge in [-0.05, 0) is 37.8 Å². The van der Waals surface area contributed by atoms with Crippen LogP contribution in [0.4, 0.5) is 0 Å². The molecule has 0 saturated carbocycles. The molecule has 1 aromatic heterocycles. The van der Waals surface area contributed by atoms with Crippen LogP contribution in [0.2, 0.25) is 0 Å². The zero-order valence-electron chi connectivity index (χ0n) is 11.5. The molecule has 1 heterocycles. The number of aryl methyl sites for hydroxylation is 3. The predicted octanol–water partition coefficient (Wildman–Crippen LogP) is 4.12. The van der Waals surface area contributed by atoms with Crippen molar-refractivity contribution in [2.24, 2.45) is 0 Å². The summed E-state index contributed by atoms with van der Waals surface area (Å²) in [5, 5.41) is 8.57. The van der Waals surface area contributed by atoms with Gasteiger partial charge in [-0.25, -0.2) is 0 Å². The van der Waals surface area contributed by atoms with Gasteiger partial charge < -0.3 is 9.52 Å². The van der Waals surface area contributed by atoms with E-state index in [1.165, 1.54) is 24.8 Å². The molecule has 0 atom stereocenters. The van der Waals surface area contributed by atoms with Gasteiger partial charge in [0.05, 0.1) is 0 Å². The largest absolute Gasteiger partial charge is 0.481 e. The van der Waals surface area contributed by atoms with Gasteiger partial charge in [0.25, 0.3) is 0 Å². The molecule has 0 fully saturated rings. The molecule has 0 saturated heterocycles. The SMILES string of the molecule is CCCCCc1cc(C)c(CCCCC(=O)O)o1. The minimum Gasteiger partial charge on any atom is -0.481 e. The summed E-state index contributed by atoms with van der Waals surface area (Å²) in [6.07, 6.45) is 7.38. The smallest absolute Gasteiger partial charge is 0.303 e. The maximum Gasteiger partial charge on any atom is 0.303 e. The zero-order chi connectivity index (χ0) is 13.4. The average molecular weight is 252 g/mol. The summed E-state index contributed by atoms with van der Waals surface area (Å²) in [5.74, 6) is 1.40. The van der Waals surface area contributed by atoms with Crippen LogP contribution < -0.4 is 0 Å². The lowest BCUT2D eigenvalue weighted by Gasteiger charge is -1.98. The summed E-state index contributed by atoms with van der Waals surface area (Å²) in [4.78, 5) is 10.4. The van der Waals surface area contributed by atoms with Crippen molar-refractivity contribution in [3.8, 4) is 0 Å². The Kier molecular flexibility index (Phi) is 6.55. The maximum absolute atomic E-state index is 10.4. The minimum absolute atomic E-state index is 0.253. The van der Waals surface area contributed by atoms with E-state index in [4.69, 9.17) is 9.52 Å². The van der Waals surface area contributed by atoms with E-state index in [1.807, 2.05) is 0 Å². The normalized spacial score (nSPS) is 10.8. The Hall–Kier alpha value is -1.25. The fraction of sp³-hybridized carbons (Fsp3) is 0.667. The van der Waals surface area contributed by atoms with Crippen molar-refractivity contribution in [1.29, 1.82) is 0 Å². The molecule has 3 nitrogen and oxygen atoms in total. The van der Waals surface area contributed by atoms with Gasteiger partial charge in [0.1, 0.15) is 11.5 Å². The number of carbonyl (C=O) groups is 1. The van der Waals surface area contributed by atoms with Crippen LogP contribution in [-0.2, 0) is 17.6 Å². The monoisotopic (exact) mass is 252 g/mol. The van der Waals surface area contributed by atoms with Gasteiger partial charge in [-0.1, -0.05) is 19.8 Å². The van der Waals surface area contributed by atoms with E-state index in [-0.39, 0.29) is 6.42 Å². The Bertz CT molecular complexity index is 366. The molecule has 1 rings (SSSR count). The predicted molar refractivity (Wildman–Crippen MR) is 71.9 cm³/mol. The van der Waals surface area contributed by atoms with Gasteiger partial charge in [0.2, 0.25) is 0 Å². The van der Waals surface area contributed by atoms with E-state index >= 15 is 0 Å². The molecule has 18 heavy (non-hydrogen) atoms. The molecule has 0 aromatic carbocycles. The highest BCUT2D eigenvalue weighted by Gasteiger charge is 2.07. The molecule has 102 valence electrons. The molecule has 0 amide bonds. The average Bonchev–Trinajstić information content (AvgIpc) is 2.66. The lowest BCUT2D eigenvalue weighted by molar-refractivity contribution is -0.137. The molecule has 0 aliphatic rings. The van der Waals surface area contributed by atoms with Crippen molar-refractivity contribution in [3.63, 3.8) is 0 Å². The van der Waals surface area contributed by atoms with E-state index in [0.29, 0.717) is 0 Å². The molecular formula is C15H24O3. The van der Waals surface area contributed by atoms with Crippen LogP contribution >= 0.6 is 0 Å². The van der Waals surface area contributed by atoms with Crippen LogP contribution in [0.3, 0.4) is 0 Å². The van der Waals surface area contributed by atoms with Gasteiger partial charge in [0, 0.05) is 19.3 Å². The first-order valence-corrected chi connectivity index (χ1v) is 6.93. The van der Waals surface area contributed by atoms with Gasteiger partial charge in [0.15, 0.2) is 0 Å². The summed E-state index contributed by atoms with van der Waals surface area (Å²) >= 11 is 0. The summed E-state index contributed by atoms with van der Waals surface area (Å²) in [6, 6.07) is 2.13. The lowest BCUT2D eigenvalue weighted by atomic mass is 10.1. The number of unbranched alkanes of at least 4 members (excludes halogenated alkanes) is 3. The molecular weight excluding hydrogens is 228 g/mol. The van der Waals surface area contributed by atoms with E-state index in [0.717, 1.165) is 37.2 Å². The molecule has 0 radical (unpaired) electrons. The van der Waals surface area contributed by atoms with E-state index in [2.05, 4.69) is 19.9 Å². The number of hydrogen-bond acceptors (Lipinski definition) is 2. The van der Waals surface area contributed by atoms with E-state index in [1.54, 1.807) is 0 Å². The van der Waals surface area contributed by atoms with Crippen molar-refractivity contribution < 1.29 is 14.3 Å². The molecule has 1 aromatic rings. The molecule has 3 heteroatoms. The summed E-state index contributed by atoms with van der Waals surface area (Å²) < 4.78 is 5.82. The Morgan fingerprint density at radius 1 is 1.22 bits per heavy atom. The molecule has 0 spiro atoms. The molecule has 0 aliphatic heterocycles. The number of carboxylic acids is 1. The number of rotatable bonds is 9. The first kappa shape index (κ1) is 14.8. The fourth-order valence-electron chi connectivity index (χ4n) is 2.07. The van der Waals surface area contributed by atoms with Crippen molar-refractivity contribution in [2.45, 2.75) is 65.2 Å². The van der Waals surface area contributed by atoms with Crippen LogP contribution in [0.5, 0.6) is 0 Å². The Balaban J connectivity index is 2.34. The molecule has 0 aliphatic carbocycles. The van der Waals surface area contributed by atoms with Crippen molar-refractivity contribution in [1.82, 2.24) is 0 Å². The van der Waals surface area contributed by atoms with Crippen LogP contribution in [0.15, 0.2) is 10.5 Å². The Morgan fingerprint density at radius 3 is 2.61 bits per heavy atom. The molecule has 0 bridgehead atoms. The van der Waals surface area contributed by atoms with E-state index in [9.17, 15) is 4.79 Å². The standard InChI is InChI=1S/C15H24O3/c1-3-4-5-8-13-11-12(2)14(18-13)9-6-7-10-15(16)17/h11H,3-10H2,1-2H3,(H,16,17). The maximum atomic E-state index is 10.4. The van der Waals surface area contributed by atoms with Crippen molar-refractivity contribution in [2.75, 3.05) is 0 Å². The topological polar surface area (TPSA) is 50.4 Å². The van der Waals surface area contributed by atoms with Crippen molar-refractivity contribution >= 4 is 5.97 Å². The second-order valence-corrected chi connectivity index (χ2v) is 4.88. The van der Waals surface area contributed by atoms with Crippen LogP contribution in [0.1, 0.15) is 62.5 Å². The summed E-state index contributed by atoms with van der Waals surface area (Å²) in [5.41, 5.74) is 1.21. The first-order valence-electron chi connectivity index (χ1n) is 6.93. The minimum atomic E-state index is -0.716. The fourth-order valence-corrected chi connectivity index (χ4v) is 2.07. The highest BCUT2D eigenvalue weighted by molar-refractivity contribution is 5.66. The van der Waals surface area contributed by atoms with Crippen LogP contribution in [-0.4, -0.2) is 11.1 Å². The summed E-state index contributed by atoms with van der Waals surface area (Å²) in [7, 11) is 0. The van der Waals surface area contributed by atoms with Crippen LogP contribution in [0.25, 0.3) is 0 Å². The zero-order valence-corrected chi connectivity index (χ0v) is 11.5. The third-order valence-electron chi connectivity index (χ3n) is 3.14. The van der Waals surface area contributed by atoms with Crippen LogP contribution in [0, 0.1) is 6.92 Å². The number of carboxylic acid groups (broad SMARTS) is 1. The number of furan rings is 1. The quantitative estimate of drug-likeness (QED) is 0.673. The molecule has 1 N–H and O–H groups in total. The first-order chi connectivity index (χ1) is 8.63. The van der Waals surface area contributed by atoms with Gasteiger partial charge in [-0.2, -0.15) is 0 Å². The Labute approximate surface area is 109 Å². The van der Waals surface area contributed by atoms with Gasteiger partial charge in [-0.15, -0.1) is 0 Å². The Morgan fingerprint density at radius 2 is 1.94 bits per heavy atom. The van der Waals surface area contributed by atoms with E-state index < -0.39 is 5.97 Å². The second-order valence-electron chi connectivity index (χ2n) is 4.88. The second kappa shape index (κ2) is 7.96. The number of hydrogen-bond donors (Lipinski definition) is 1. The van der Waals surface area contributed by atoms with Gasteiger partial charge >= 0.3 is 5.97 Å².